The molecule has 2 N–H and O–H groups in total. The fraction of sp³-hybridized carbons (Fsp3) is 0.333. The van der Waals surface area contributed by atoms with Gasteiger partial charge in [-0.15, -0.1) is 12.6 Å². The second kappa shape index (κ2) is 6.12. The molecule has 1 unspecified atom stereocenters. The van der Waals surface area contributed by atoms with Gasteiger partial charge in [0, 0.05) is 0 Å². The lowest BCUT2D eigenvalue weighted by Gasteiger charge is -2.02. The van der Waals surface area contributed by atoms with Crippen LogP contribution in [-0.4, -0.2) is 24.3 Å². The number of hydrogen-bond acceptors (Lipinski definition) is 4. The van der Waals surface area contributed by atoms with E-state index in [0.717, 1.165) is 5.56 Å². The summed E-state index contributed by atoms with van der Waals surface area (Å²) >= 11 is 3.88. The van der Waals surface area contributed by atoms with Crippen molar-refractivity contribution >= 4 is 22.7 Å². The molecule has 0 amide bonds. The lowest BCUT2D eigenvalue weighted by Crippen LogP contribution is -1.88. The van der Waals surface area contributed by atoms with Crippen LogP contribution < -0.4 is 0 Å². The maximum absolute atomic E-state index is 9.19. The molecule has 0 aliphatic carbocycles. The van der Waals surface area contributed by atoms with Crippen LogP contribution in [0.4, 0.5) is 0 Å². The topological polar surface area (TPSA) is 74.6 Å². The van der Waals surface area contributed by atoms with Gasteiger partial charge in [0.2, 0.25) is 0 Å². The Morgan fingerprint density at radius 2 is 1.60 bits per heavy atom. The third kappa shape index (κ3) is 9.74. The number of aliphatic hydroxyl groups excluding tert-OH is 1. The average molecular weight is 250 g/mol. The number of thiol groups is 1. The maximum atomic E-state index is 9.19. The Hall–Kier alpha value is -0.560. The van der Waals surface area contributed by atoms with Gasteiger partial charge < -0.3 is 5.11 Å². The van der Waals surface area contributed by atoms with E-state index in [4.69, 9.17) is 9.66 Å². The molecule has 1 aromatic carbocycles. The molecule has 0 aliphatic heterocycles. The van der Waals surface area contributed by atoms with Gasteiger partial charge in [-0.25, -0.2) is 0 Å². The van der Waals surface area contributed by atoms with Crippen LogP contribution >= 0.6 is 12.6 Å². The van der Waals surface area contributed by atoms with Crippen molar-refractivity contribution in [1.82, 2.24) is 0 Å². The SMILES string of the molecule is CS(=O)(=O)O.Cc1ccc(C(O)S)cc1. The standard InChI is InChI=1S/C8H10OS.CH4O3S/c1-6-2-4-7(5-3-6)8(9)10;1-5(2,3)4/h2-5,8-10H,1H3;1H3,(H,2,3,4). The van der Waals surface area contributed by atoms with Gasteiger partial charge >= 0.3 is 0 Å². The van der Waals surface area contributed by atoms with Crippen LogP contribution in [0.5, 0.6) is 0 Å². The van der Waals surface area contributed by atoms with Crippen LogP contribution in [0.25, 0.3) is 0 Å². The monoisotopic (exact) mass is 250 g/mol. The Labute approximate surface area is 95.1 Å². The molecule has 0 aromatic heterocycles. The van der Waals surface area contributed by atoms with Gasteiger partial charge in [0.1, 0.15) is 5.44 Å². The highest BCUT2D eigenvalue weighted by molar-refractivity contribution is 7.85. The van der Waals surface area contributed by atoms with Crippen molar-refractivity contribution in [1.29, 1.82) is 0 Å². The quantitative estimate of drug-likeness (QED) is 0.400. The number of aliphatic hydroxyl groups is 1. The summed E-state index contributed by atoms with van der Waals surface area (Å²) in [6, 6.07) is 7.64. The summed E-state index contributed by atoms with van der Waals surface area (Å²) in [7, 11) is -3.67. The Bertz CT molecular complexity index is 373. The Morgan fingerprint density at radius 1 is 1.27 bits per heavy atom. The minimum atomic E-state index is -3.67. The first-order valence-electron chi connectivity index (χ1n) is 4.05. The fourth-order valence-electron chi connectivity index (χ4n) is 0.739. The smallest absolute Gasteiger partial charge is 0.261 e. The van der Waals surface area contributed by atoms with Crippen molar-refractivity contribution in [3.05, 3.63) is 35.4 Å². The molecule has 0 saturated heterocycles. The first kappa shape index (κ1) is 14.4. The van der Waals surface area contributed by atoms with Gasteiger partial charge in [-0.05, 0) is 12.5 Å². The summed E-state index contributed by atoms with van der Waals surface area (Å²) in [5, 5.41) is 8.98. The first-order chi connectivity index (χ1) is 6.70. The van der Waals surface area contributed by atoms with E-state index >= 15 is 0 Å². The number of aryl methyl sites for hydroxylation is 1. The third-order valence-electron chi connectivity index (χ3n) is 1.38. The van der Waals surface area contributed by atoms with Crippen molar-refractivity contribution in [2.24, 2.45) is 0 Å². The van der Waals surface area contributed by atoms with Crippen molar-refractivity contribution in [3.8, 4) is 0 Å². The van der Waals surface area contributed by atoms with Gasteiger partial charge in [0.25, 0.3) is 10.1 Å². The minimum absolute atomic E-state index is 0.652. The second-order valence-electron chi connectivity index (χ2n) is 3.02. The molecule has 86 valence electrons. The lowest BCUT2D eigenvalue weighted by atomic mass is 10.2. The number of hydrogen-bond donors (Lipinski definition) is 3. The fourth-order valence-corrected chi connectivity index (χ4v) is 0.911. The average Bonchev–Trinajstić information content (AvgIpc) is 2.01. The van der Waals surface area contributed by atoms with E-state index in [-0.39, 0.29) is 0 Å². The van der Waals surface area contributed by atoms with Crippen molar-refractivity contribution < 1.29 is 18.1 Å². The molecule has 1 aromatic rings. The van der Waals surface area contributed by atoms with Gasteiger partial charge in [0.15, 0.2) is 0 Å². The van der Waals surface area contributed by atoms with Crippen molar-refractivity contribution in [2.75, 3.05) is 6.26 Å². The molecule has 6 heteroatoms. The second-order valence-corrected chi connectivity index (χ2v) is 4.97. The van der Waals surface area contributed by atoms with Crippen molar-refractivity contribution in [2.45, 2.75) is 12.4 Å². The predicted molar refractivity (Wildman–Crippen MR) is 62.6 cm³/mol. The zero-order valence-electron chi connectivity index (χ0n) is 8.45. The van der Waals surface area contributed by atoms with E-state index in [9.17, 15) is 8.42 Å². The summed E-state index contributed by atoms with van der Waals surface area (Å²) in [6.45, 7) is 2.01. The molecule has 0 bridgehead atoms. The number of rotatable bonds is 1. The molecule has 0 radical (unpaired) electrons. The van der Waals surface area contributed by atoms with E-state index in [0.29, 0.717) is 6.26 Å². The number of benzene rings is 1. The molecule has 0 fully saturated rings. The van der Waals surface area contributed by atoms with Crippen LogP contribution in [0.3, 0.4) is 0 Å². The molecule has 15 heavy (non-hydrogen) atoms. The third-order valence-corrected chi connectivity index (χ3v) is 1.67. The predicted octanol–water partition coefficient (Wildman–Crippen LogP) is 1.42. The molecule has 0 saturated carbocycles. The van der Waals surface area contributed by atoms with E-state index in [1.807, 2.05) is 31.2 Å². The molecule has 1 rings (SSSR count). The van der Waals surface area contributed by atoms with Crippen LogP contribution in [0.2, 0.25) is 0 Å². The van der Waals surface area contributed by atoms with Gasteiger partial charge in [-0.2, -0.15) is 8.42 Å². The first-order valence-corrected chi connectivity index (χ1v) is 6.42. The van der Waals surface area contributed by atoms with Gasteiger partial charge in [-0.1, -0.05) is 29.8 Å². The van der Waals surface area contributed by atoms with Gasteiger partial charge in [0.05, 0.1) is 6.26 Å². The molecule has 0 heterocycles. The lowest BCUT2D eigenvalue weighted by molar-refractivity contribution is 0.272. The van der Waals surface area contributed by atoms with Crippen LogP contribution in [0, 0.1) is 6.92 Å². The highest BCUT2D eigenvalue weighted by Gasteiger charge is 1.97. The van der Waals surface area contributed by atoms with E-state index in [1.165, 1.54) is 5.56 Å². The molecule has 1 atom stereocenters. The van der Waals surface area contributed by atoms with Crippen LogP contribution in [-0.2, 0) is 10.1 Å². The van der Waals surface area contributed by atoms with E-state index in [2.05, 4.69) is 12.6 Å². The highest BCUT2D eigenvalue weighted by Crippen LogP contribution is 2.15. The molecule has 4 nitrogen and oxygen atoms in total. The maximum Gasteiger partial charge on any atom is 0.261 e. The summed E-state index contributed by atoms with van der Waals surface area (Å²) < 4.78 is 25.9. The molecule has 0 spiro atoms. The Balaban J connectivity index is 0.000000336. The van der Waals surface area contributed by atoms with Gasteiger partial charge in [-0.3, -0.25) is 4.55 Å². The van der Waals surface area contributed by atoms with Crippen LogP contribution in [0.1, 0.15) is 16.6 Å². The molecular weight excluding hydrogens is 236 g/mol. The zero-order chi connectivity index (χ0) is 12.1. The zero-order valence-corrected chi connectivity index (χ0v) is 10.2. The Kier molecular flexibility index (Phi) is 5.89. The summed E-state index contributed by atoms with van der Waals surface area (Å²) in [5.74, 6) is 0. The Morgan fingerprint density at radius 3 is 1.87 bits per heavy atom. The molecule has 0 aliphatic rings. The molecular formula is C9H14O4S2. The largest absolute Gasteiger partial charge is 0.378 e. The van der Waals surface area contributed by atoms with Crippen molar-refractivity contribution in [3.63, 3.8) is 0 Å². The highest BCUT2D eigenvalue weighted by atomic mass is 32.2. The van der Waals surface area contributed by atoms with E-state index in [1.54, 1.807) is 0 Å². The summed E-state index contributed by atoms with van der Waals surface area (Å²) in [5.41, 5.74) is 1.38. The normalized spacial score (nSPS) is 12.6. The summed E-state index contributed by atoms with van der Waals surface area (Å²) in [4.78, 5) is 0. The minimum Gasteiger partial charge on any atom is -0.378 e. The van der Waals surface area contributed by atoms with E-state index < -0.39 is 15.6 Å². The summed E-state index contributed by atoms with van der Waals surface area (Å²) in [6.07, 6.45) is 0.715. The van der Waals surface area contributed by atoms with Crippen LogP contribution in [0.15, 0.2) is 24.3 Å².